The van der Waals surface area contributed by atoms with Crippen LogP contribution in [0, 0.1) is 5.41 Å². The highest BCUT2D eigenvalue weighted by atomic mass is 31.2. The molecule has 2 aromatic heterocycles. The van der Waals surface area contributed by atoms with E-state index in [-0.39, 0.29) is 17.3 Å². The fraction of sp³-hybridized carbons (Fsp3) is 0.500. The van der Waals surface area contributed by atoms with Crippen molar-refractivity contribution in [2.45, 2.75) is 50.3 Å². The molecule has 0 amide bonds. The Bertz CT molecular complexity index is 1530. The van der Waals surface area contributed by atoms with Gasteiger partial charge in [-0.2, -0.15) is 23.4 Å². The van der Waals surface area contributed by atoms with Crippen molar-refractivity contribution in [1.82, 2.24) is 19.7 Å². The molecular weight excluding hydrogens is 617 g/mol. The van der Waals surface area contributed by atoms with Crippen LogP contribution in [0.4, 0.5) is 23.4 Å². The molecule has 0 saturated carbocycles. The van der Waals surface area contributed by atoms with Crippen LogP contribution in [0.25, 0.3) is 5.52 Å². The lowest BCUT2D eigenvalue weighted by Gasteiger charge is -2.33. The van der Waals surface area contributed by atoms with Crippen molar-refractivity contribution in [3.05, 3.63) is 54.5 Å². The minimum Gasteiger partial charge on any atom is -0.464 e. The summed E-state index contributed by atoms with van der Waals surface area (Å²) < 4.78 is 90.6. The van der Waals surface area contributed by atoms with Crippen LogP contribution >= 0.6 is 7.75 Å². The van der Waals surface area contributed by atoms with Crippen molar-refractivity contribution in [1.29, 1.82) is 0 Å². The fourth-order valence-electron chi connectivity index (χ4n) is 4.26. The quantitative estimate of drug-likeness (QED) is 0.128. The van der Waals surface area contributed by atoms with Gasteiger partial charge in [-0.25, -0.2) is 18.5 Å². The number of carbonyl (C=O) groups is 1. The molecule has 13 nitrogen and oxygen atoms in total. The van der Waals surface area contributed by atoms with E-state index >= 15 is 0 Å². The third-order valence-corrected chi connectivity index (χ3v) is 8.80. The summed E-state index contributed by atoms with van der Waals surface area (Å²) in [5.41, 5.74) is -0.787. The molecule has 1 fully saturated rings. The second kappa shape index (κ2) is 12.2. The first-order valence-corrected chi connectivity index (χ1v) is 14.7. The van der Waals surface area contributed by atoms with Crippen LogP contribution in [0.15, 0.2) is 48.8 Å². The van der Waals surface area contributed by atoms with Crippen molar-refractivity contribution >= 4 is 25.1 Å². The van der Waals surface area contributed by atoms with E-state index in [2.05, 4.69) is 15.2 Å². The molecule has 44 heavy (non-hydrogen) atoms. The number of hydrogen-bond acceptors (Lipinski definition) is 11. The first-order chi connectivity index (χ1) is 20.5. The zero-order chi connectivity index (χ0) is 32.6. The highest BCUT2D eigenvalue weighted by Gasteiger charge is 2.61. The molecule has 0 unspecified atom stereocenters. The van der Waals surface area contributed by atoms with Gasteiger partial charge >= 0.3 is 19.9 Å². The number of para-hydroxylation sites is 1. The van der Waals surface area contributed by atoms with E-state index in [9.17, 15) is 37.1 Å². The number of ether oxygens (including phenoxy) is 2. The summed E-state index contributed by atoms with van der Waals surface area (Å²) in [4.78, 5) is 16.4. The third kappa shape index (κ3) is 6.53. The van der Waals surface area contributed by atoms with E-state index in [0.717, 1.165) is 27.1 Å². The minimum atomic E-state index is -4.69. The topological polar surface area (TPSA) is 180 Å². The van der Waals surface area contributed by atoms with Crippen LogP contribution in [0.1, 0.15) is 26.5 Å². The number of aromatic nitrogens is 3. The molecule has 1 aliphatic heterocycles. The maximum absolute atomic E-state index is 14.6. The smallest absolute Gasteiger partial charge is 0.459 e. The lowest BCUT2D eigenvalue weighted by atomic mass is 9.86. The van der Waals surface area contributed by atoms with E-state index in [1.54, 1.807) is 6.07 Å². The van der Waals surface area contributed by atoms with Gasteiger partial charge in [-0.1, -0.05) is 18.2 Å². The van der Waals surface area contributed by atoms with Gasteiger partial charge in [-0.15, -0.1) is 0 Å². The number of aliphatic hydroxyl groups excluding tert-OH is 1. The monoisotopic (exact) mass is 649 g/mol. The van der Waals surface area contributed by atoms with Crippen LogP contribution in [-0.2, 0) is 29.0 Å². The Morgan fingerprint density at radius 3 is 2.59 bits per heavy atom. The summed E-state index contributed by atoms with van der Waals surface area (Å²) in [5.74, 6) is -1.16. The fourth-order valence-corrected chi connectivity index (χ4v) is 5.81. The number of carbonyl (C=O) groups excluding carboxylic acids is 1. The number of nitrogens with zero attached hydrogens (tertiary/aromatic N) is 3. The van der Waals surface area contributed by atoms with Crippen molar-refractivity contribution in [2.24, 2.45) is 5.41 Å². The second-order valence-corrected chi connectivity index (χ2v) is 12.7. The number of nitrogens with two attached hydrogens (primary N) is 1. The largest absolute Gasteiger partial charge is 0.464 e. The van der Waals surface area contributed by atoms with Gasteiger partial charge in [0, 0.05) is 0 Å². The zero-order valence-electron chi connectivity index (χ0n) is 23.8. The van der Waals surface area contributed by atoms with E-state index in [1.807, 2.05) is 0 Å². The number of aliphatic hydroxyl groups is 2. The standard InChI is InChI=1S/C26H32F4N5O8P/c1-16(21(36)40-12-23(2,3)26(28,29)30)34-44(39,43-17-7-5-4-6-8-17)42-13-24(11-27)22(37)25(38,14-41-24)19-10-9-18-20(31)32-15-33-35(18)19/h4-10,15-16,22,37-38H,11-14H2,1-3H3,(H,34,39)(H2,31,32,33)/t16-,22+,24+,25-,44+/m0/s1. The van der Waals surface area contributed by atoms with Gasteiger partial charge in [0.15, 0.2) is 11.4 Å². The van der Waals surface area contributed by atoms with Gasteiger partial charge in [0.05, 0.1) is 24.3 Å². The first-order valence-electron chi connectivity index (χ1n) is 13.2. The van der Waals surface area contributed by atoms with Crippen LogP contribution in [0.2, 0.25) is 0 Å². The highest BCUT2D eigenvalue weighted by Crippen LogP contribution is 2.49. The Balaban J connectivity index is 1.55. The van der Waals surface area contributed by atoms with Crippen molar-refractivity contribution < 1.29 is 55.7 Å². The van der Waals surface area contributed by atoms with Crippen molar-refractivity contribution in [3.8, 4) is 5.75 Å². The number of rotatable bonds is 12. The lowest BCUT2D eigenvalue weighted by molar-refractivity contribution is -0.226. The zero-order valence-corrected chi connectivity index (χ0v) is 24.7. The molecule has 1 aromatic carbocycles. The number of benzene rings is 1. The number of halogens is 4. The summed E-state index contributed by atoms with van der Waals surface area (Å²) in [6, 6.07) is 8.79. The van der Waals surface area contributed by atoms with E-state index in [0.29, 0.717) is 5.52 Å². The molecule has 5 N–H and O–H groups in total. The van der Waals surface area contributed by atoms with Gasteiger partial charge in [0.1, 0.15) is 48.6 Å². The molecule has 0 radical (unpaired) electrons. The van der Waals surface area contributed by atoms with Gasteiger partial charge in [-0.3, -0.25) is 9.32 Å². The number of nitrogens with one attached hydrogen (secondary N) is 1. The summed E-state index contributed by atoms with van der Waals surface area (Å²) >= 11 is 0. The van der Waals surface area contributed by atoms with E-state index < -0.39 is 75.2 Å². The van der Waals surface area contributed by atoms with Crippen LogP contribution in [0.3, 0.4) is 0 Å². The Morgan fingerprint density at radius 1 is 1.27 bits per heavy atom. The number of alkyl halides is 4. The molecule has 3 heterocycles. The lowest BCUT2D eigenvalue weighted by Crippen LogP contribution is -2.53. The molecule has 0 aliphatic carbocycles. The maximum atomic E-state index is 14.6. The summed E-state index contributed by atoms with van der Waals surface area (Å²) in [5, 5.41) is 29.0. The molecule has 3 aromatic rings. The maximum Gasteiger partial charge on any atom is 0.459 e. The predicted molar refractivity (Wildman–Crippen MR) is 146 cm³/mol. The van der Waals surface area contributed by atoms with Gasteiger partial charge in [0.2, 0.25) is 0 Å². The average molecular weight is 650 g/mol. The normalized spacial score (nSPS) is 24.6. The highest BCUT2D eigenvalue weighted by molar-refractivity contribution is 7.52. The number of anilines is 1. The van der Waals surface area contributed by atoms with E-state index in [1.165, 1.54) is 40.9 Å². The Morgan fingerprint density at radius 2 is 1.95 bits per heavy atom. The Labute approximate surface area is 248 Å². The number of nitrogen functional groups attached to an aromatic ring is 1. The molecule has 5 atom stereocenters. The summed E-state index contributed by atoms with van der Waals surface area (Å²) in [6.45, 7) is -1.27. The minimum absolute atomic E-state index is 0.00980. The van der Waals surface area contributed by atoms with Gasteiger partial charge in [-0.05, 0) is 45.0 Å². The average Bonchev–Trinajstić information content (AvgIpc) is 3.52. The molecule has 4 rings (SSSR count). The molecule has 0 bridgehead atoms. The molecule has 1 aliphatic rings. The summed E-state index contributed by atoms with van der Waals surface area (Å²) in [6.07, 6.45) is -5.58. The van der Waals surface area contributed by atoms with Crippen LogP contribution in [-0.4, -0.2) is 81.2 Å². The molecular formula is C26H32F4N5O8P. The van der Waals surface area contributed by atoms with Crippen molar-refractivity contribution in [3.63, 3.8) is 0 Å². The van der Waals surface area contributed by atoms with E-state index in [4.69, 9.17) is 24.3 Å². The van der Waals surface area contributed by atoms with Crippen LogP contribution < -0.4 is 15.3 Å². The number of hydrogen-bond donors (Lipinski definition) is 4. The van der Waals surface area contributed by atoms with Gasteiger partial charge < -0.3 is 29.9 Å². The molecule has 242 valence electrons. The predicted octanol–water partition coefficient (Wildman–Crippen LogP) is 2.91. The molecule has 18 heteroatoms. The molecule has 0 spiro atoms. The summed E-state index contributed by atoms with van der Waals surface area (Å²) in [7, 11) is -4.69. The SMILES string of the molecule is C[C@H](N[P@@](=O)(OC[C@@]1(CF)OC[C@](O)(c2ccc3c(N)ncnn23)[C@@H]1O)Oc1ccccc1)C(=O)OCC(C)(C)C(F)(F)F. The van der Waals surface area contributed by atoms with Gasteiger partial charge in [0.25, 0.3) is 0 Å². The van der Waals surface area contributed by atoms with Crippen LogP contribution in [0.5, 0.6) is 5.75 Å². The molecule has 1 saturated heterocycles. The Kier molecular flexibility index (Phi) is 9.31. The first kappa shape index (κ1) is 33.6. The Hall–Kier alpha value is -3.34. The number of esters is 1. The third-order valence-electron chi connectivity index (χ3n) is 7.18. The second-order valence-electron chi connectivity index (χ2n) is 11.0. The number of fused-ring (bicyclic) bond motifs is 1. The van der Waals surface area contributed by atoms with Crippen molar-refractivity contribution in [2.75, 3.05) is 32.2 Å².